The van der Waals surface area contributed by atoms with Gasteiger partial charge in [-0.2, -0.15) is 0 Å². The molecule has 2 unspecified atom stereocenters. The van der Waals surface area contributed by atoms with Crippen LogP contribution in [0.15, 0.2) is 48.5 Å². The Morgan fingerprint density at radius 2 is 1.72 bits per heavy atom. The third-order valence-corrected chi connectivity index (χ3v) is 5.91. The molecule has 0 radical (unpaired) electrons. The molecule has 0 saturated carbocycles. The number of nitrogens with zero attached hydrogens (tertiary/aromatic N) is 2. The summed E-state index contributed by atoms with van der Waals surface area (Å²) in [5.41, 5.74) is 1.05. The Bertz CT molecular complexity index is 988. The predicted octanol–water partition coefficient (Wildman–Crippen LogP) is 1.62. The van der Waals surface area contributed by atoms with Gasteiger partial charge in [0.15, 0.2) is 5.78 Å². The van der Waals surface area contributed by atoms with Gasteiger partial charge in [-0.05, 0) is 48.9 Å². The van der Waals surface area contributed by atoms with Gasteiger partial charge < -0.3 is 25.0 Å². The molecule has 32 heavy (non-hydrogen) atoms. The van der Waals surface area contributed by atoms with Crippen LogP contribution in [0.25, 0.3) is 0 Å². The highest BCUT2D eigenvalue weighted by atomic mass is 16.5. The SMILES string of the molecule is CN(C)c1ccc(C(=O)NC(Cc2ccc(O)cc2)C(=O)N(C)C2(C)COCC2=O)cc1. The van der Waals surface area contributed by atoms with E-state index in [1.807, 2.05) is 31.1 Å². The normalized spacial score (nSPS) is 18.8. The number of nitrogens with one attached hydrogen (secondary N) is 1. The highest BCUT2D eigenvalue weighted by Crippen LogP contribution is 2.23. The number of phenolic OH excluding ortho intramolecular Hbond substituents is 1. The monoisotopic (exact) mass is 439 g/mol. The molecular formula is C24H29N3O5. The Morgan fingerprint density at radius 1 is 1.09 bits per heavy atom. The van der Waals surface area contributed by atoms with Gasteiger partial charge in [0, 0.05) is 38.8 Å². The quantitative estimate of drug-likeness (QED) is 0.680. The van der Waals surface area contributed by atoms with Crippen molar-refractivity contribution in [3.8, 4) is 5.75 Å². The van der Waals surface area contributed by atoms with Gasteiger partial charge in [-0.1, -0.05) is 12.1 Å². The lowest BCUT2D eigenvalue weighted by molar-refractivity contribution is -0.142. The lowest BCUT2D eigenvalue weighted by Gasteiger charge is -2.35. The highest BCUT2D eigenvalue weighted by Gasteiger charge is 2.45. The molecule has 1 aliphatic heterocycles. The van der Waals surface area contributed by atoms with Crippen molar-refractivity contribution < 1.29 is 24.2 Å². The lowest BCUT2D eigenvalue weighted by Crippen LogP contribution is -2.58. The number of aromatic hydroxyl groups is 1. The van der Waals surface area contributed by atoms with Crippen LogP contribution in [0.2, 0.25) is 0 Å². The fourth-order valence-corrected chi connectivity index (χ4v) is 3.56. The number of likely N-dealkylation sites (N-methyl/N-ethyl adjacent to an activating group) is 1. The number of rotatable bonds is 7. The van der Waals surface area contributed by atoms with Crippen molar-refractivity contribution in [2.24, 2.45) is 0 Å². The van der Waals surface area contributed by atoms with E-state index in [1.54, 1.807) is 38.2 Å². The van der Waals surface area contributed by atoms with Gasteiger partial charge >= 0.3 is 0 Å². The Morgan fingerprint density at radius 3 is 2.25 bits per heavy atom. The Kier molecular flexibility index (Phi) is 6.84. The lowest BCUT2D eigenvalue weighted by atomic mass is 9.96. The van der Waals surface area contributed by atoms with Crippen molar-refractivity contribution in [3.05, 3.63) is 59.7 Å². The number of phenols is 1. The number of ketones is 1. The fraction of sp³-hybridized carbons (Fsp3) is 0.375. The molecule has 1 saturated heterocycles. The maximum absolute atomic E-state index is 13.4. The van der Waals surface area contributed by atoms with E-state index < -0.39 is 17.5 Å². The van der Waals surface area contributed by atoms with Gasteiger partial charge in [0.05, 0.1) is 6.61 Å². The molecular weight excluding hydrogens is 410 g/mol. The number of benzene rings is 2. The first-order chi connectivity index (χ1) is 15.1. The minimum Gasteiger partial charge on any atom is -0.508 e. The van der Waals surface area contributed by atoms with Crippen LogP contribution in [0, 0.1) is 0 Å². The van der Waals surface area contributed by atoms with E-state index in [-0.39, 0.29) is 37.1 Å². The first kappa shape index (κ1) is 23.3. The van der Waals surface area contributed by atoms with E-state index in [4.69, 9.17) is 4.74 Å². The molecule has 1 heterocycles. The summed E-state index contributed by atoms with van der Waals surface area (Å²) in [5.74, 6) is -0.847. The van der Waals surface area contributed by atoms with Gasteiger partial charge in [0.2, 0.25) is 5.91 Å². The molecule has 2 N–H and O–H groups in total. The molecule has 2 aromatic carbocycles. The molecule has 8 heteroatoms. The van der Waals surface area contributed by atoms with Crippen molar-refractivity contribution in [2.75, 3.05) is 39.3 Å². The minimum absolute atomic E-state index is 0.0403. The van der Waals surface area contributed by atoms with Crippen molar-refractivity contribution in [1.29, 1.82) is 0 Å². The van der Waals surface area contributed by atoms with Crippen molar-refractivity contribution in [1.82, 2.24) is 10.2 Å². The number of hydrogen-bond donors (Lipinski definition) is 2. The number of carbonyl (C=O) groups excluding carboxylic acids is 3. The number of hydrogen-bond acceptors (Lipinski definition) is 6. The van der Waals surface area contributed by atoms with Crippen LogP contribution in [0.3, 0.4) is 0 Å². The first-order valence-corrected chi connectivity index (χ1v) is 10.4. The smallest absolute Gasteiger partial charge is 0.251 e. The van der Waals surface area contributed by atoms with Gasteiger partial charge in [-0.3, -0.25) is 14.4 Å². The van der Waals surface area contributed by atoms with Crippen molar-refractivity contribution >= 4 is 23.3 Å². The van der Waals surface area contributed by atoms with Crippen LogP contribution >= 0.6 is 0 Å². The van der Waals surface area contributed by atoms with Gasteiger partial charge in [0.1, 0.15) is 23.9 Å². The average Bonchev–Trinajstić information content (AvgIpc) is 3.13. The molecule has 0 spiro atoms. The van der Waals surface area contributed by atoms with Gasteiger partial charge in [-0.25, -0.2) is 0 Å². The van der Waals surface area contributed by atoms with Crippen LogP contribution in [-0.2, 0) is 20.7 Å². The molecule has 1 aliphatic rings. The third kappa shape index (κ3) is 4.91. The van der Waals surface area contributed by atoms with Gasteiger partial charge in [0.25, 0.3) is 5.91 Å². The van der Waals surface area contributed by atoms with E-state index in [0.29, 0.717) is 5.56 Å². The second-order valence-corrected chi connectivity index (χ2v) is 8.43. The summed E-state index contributed by atoms with van der Waals surface area (Å²) in [4.78, 5) is 42.0. The highest BCUT2D eigenvalue weighted by molar-refractivity contribution is 6.00. The average molecular weight is 440 g/mol. The van der Waals surface area contributed by atoms with E-state index >= 15 is 0 Å². The summed E-state index contributed by atoms with van der Waals surface area (Å²) in [6, 6.07) is 12.6. The van der Waals surface area contributed by atoms with Crippen molar-refractivity contribution in [3.63, 3.8) is 0 Å². The summed E-state index contributed by atoms with van der Waals surface area (Å²) in [5, 5.41) is 12.4. The Balaban J connectivity index is 1.84. The van der Waals surface area contributed by atoms with E-state index in [1.165, 1.54) is 17.0 Å². The third-order valence-electron chi connectivity index (χ3n) is 5.91. The summed E-state index contributed by atoms with van der Waals surface area (Å²) in [6.07, 6.45) is 0.204. The van der Waals surface area contributed by atoms with E-state index in [0.717, 1.165) is 11.3 Å². The maximum atomic E-state index is 13.4. The summed E-state index contributed by atoms with van der Waals surface area (Å²) < 4.78 is 5.27. The molecule has 2 atom stereocenters. The minimum atomic E-state index is -1.08. The fourth-order valence-electron chi connectivity index (χ4n) is 3.56. The summed E-state index contributed by atoms with van der Waals surface area (Å²) in [6.45, 7) is 1.74. The van der Waals surface area contributed by atoms with Crippen LogP contribution in [0.1, 0.15) is 22.8 Å². The topological polar surface area (TPSA) is 99.2 Å². The molecule has 0 bridgehead atoms. The second kappa shape index (κ2) is 9.40. The summed E-state index contributed by atoms with van der Waals surface area (Å²) in [7, 11) is 5.37. The zero-order chi connectivity index (χ0) is 23.5. The van der Waals surface area contributed by atoms with Crippen molar-refractivity contribution in [2.45, 2.75) is 24.9 Å². The van der Waals surface area contributed by atoms with E-state index in [9.17, 15) is 19.5 Å². The molecule has 0 aliphatic carbocycles. The van der Waals surface area contributed by atoms with Crippen LogP contribution in [0.4, 0.5) is 5.69 Å². The zero-order valence-corrected chi connectivity index (χ0v) is 18.8. The first-order valence-electron chi connectivity index (χ1n) is 10.4. The van der Waals surface area contributed by atoms with Crippen LogP contribution in [0.5, 0.6) is 5.75 Å². The zero-order valence-electron chi connectivity index (χ0n) is 18.8. The molecule has 1 fully saturated rings. The summed E-state index contributed by atoms with van der Waals surface area (Å²) >= 11 is 0. The molecule has 0 aromatic heterocycles. The predicted molar refractivity (Wildman–Crippen MR) is 121 cm³/mol. The standard InChI is InChI=1S/C24H29N3O5/c1-24(15-32-14-21(24)29)27(4)23(31)20(13-16-5-11-19(28)12-6-16)25-22(30)17-7-9-18(10-8-17)26(2)3/h5-12,20,28H,13-15H2,1-4H3,(H,25,30). The number of amides is 2. The number of anilines is 1. The molecule has 2 amide bonds. The maximum Gasteiger partial charge on any atom is 0.251 e. The molecule has 8 nitrogen and oxygen atoms in total. The Labute approximate surface area is 187 Å². The second-order valence-electron chi connectivity index (χ2n) is 8.43. The number of ether oxygens (including phenoxy) is 1. The number of Topliss-reactive ketones (excluding diaryl/α,β-unsaturated/α-hetero) is 1. The van der Waals surface area contributed by atoms with Crippen LogP contribution in [-0.4, -0.2) is 73.5 Å². The molecule has 2 aromatic rings. The van der Waals surface area contributed by atoms with Crippen LogP contribution < -0.4 is 10.2 Å². The molecule has 3 rings (SSSR count). The van der Waals surface area contributed by atoms with E-state index in [2.05, 4.69) is 5.32 Å². The Hall–Kier alpha value is -3.39. The largest absolute Gasteiger partial charge is 0.508 e. The number of carbonyl (C=O) groups is 3. The molecule has 170 valence electrons. The van der Waals surface area contributed by atoms with Gasteiger partial charge in [-0.15, -0.1) is 0 Å².